The summed E-state index contributed by atoms with van der Waals surface area (Å²) in [6, 6.07) is 0.288. The van der Waals surface area contributed by atoms with E-state index >= 15 is 0 Å². The molecule has 1 unspecified atom stereocenters. The lowest BCUT2D eigenvalue weighted by molar-refractivity contribution is -0.141. The van der Waals surface area contributed by atoms with E-state index in [0.717, 1.165) is 6.54 Å². The minimum absolute atomic E-state index is 0.0696. The van der Waals surface area contributed by atoms with Gasteiger partial charge < -0.3 is 25.0 Å². The van der Waals surface area contributed by atoms with Crippen molar-refractivity contribution in [2.75, 3.05) is 39.8 Å². The first kappa shape index (κ1) is 16.7. The maximum absolute atomic E-state index is 12.0. The average Bonchev–Trinajstić information content (AvgIpc) is 2.37. The Morgan fingerprint density at radius 3 is 2.80 bits per heavy atom. The Morgan fingerprint density at radius 1 is 1.50 bits per heavy atom. The molecule has 1 heterocycles. The number of likely N-dealkylation sites (N-methyl/N-ethyl adjacent to an activating group) is 1. The minimum atomic E-state index is -0.907. The summed E-state index contributed by atoms with van der Waals surface area (Å²) in [7, 11) is 2.01. The lowest BCUT2D eigenvalue weighted by Crippen LogP contribution is -2.51. The lowest BCUT2D eigenvalue weighted by atomic mass is 10.2. The molecule has 7 nitrogen and oxygen atoms in total. The van der Waals surface area contributed by atoms with Crippen molar-refractivity contribution < 1.29 is 19.4 Å². The number of hydrogen-bond acceptors (Lipinski definition) is 4. The van der Waals surface area contributed by atoms with Crippen molar-refractivity contribution in [2.45, 2.75) is 32.4 Å². The summed E-state index contributed by atoms with van der Waals surface area (Å²) < 4.78 is 5.33. The first-order valence-corrected chi connectivity index (χ1v) is 6.96. The molecule has 2 amide bonds. The van der Waals surface area contributed by atoms with Gasteiger partial charge in [-0.3, -0.25) is 4.79 Å². The second-order valence-electron chi connectivity index (χ2n) is 5.34. The van der Waals surface area contributed by atoms with Gasteiger partial charge in [-0.05, 0) is 20.9 Å². The average molecular weight is 287 g/mol. The van der Waals surface area contributed by atoms with Gasteiger partial charge >= 0.3 is 12.0 Å². The molecular formula is C13H25N3O4. The lowest BCUT2D eigenvalue weighted by Gasteiger charge is -2.32. The largest absolute Gasteiger partial charge is 0.481 e. The predicted molar refractivity (Wildman–Crippen MR) is 74.7 cm³/mol. The van der Waals surface area contributed by atoms with Crippen molar-refractivity contribution >= 4 is 12.0 Å². The topological polar surface area (TPSA) is 82.1 Å². The summed E-state index contributed by atoms with van der Waals surface area (Å²) in [5.41, 5.74) is 0. The molecule has 0 aromatic heterocycles. The molecule has 0 aromatic rings. The smallest absolute Gasteiger partial charge is 0.317 e. The van der Waals surface area contributed by atoms with Gasteiger partial charge in [0, 0.05) is 32.2 Å². The van der Waals surface area contributed by atoms with Crippen LogP contribution in [0.4, 0.5) is 4.79 Å². The molecule has 1 saturated heterocycles. The van der Waals surface area contributed by atoms with Gasteiger partial charge in [-0.1, -0.05) is 0 Å². The van der Waals surface area contributed by atoms with E-state index < -0.39 is 12.1 Å². The highest BCUT2D eigenvalue weighted by atomic mass is 16.5. The fourth-order valence-electron chi connectivity index (χ4n) is 1.93. The van der Waals surface area contributed by atoms with Gasteiger partial charge in [-0.15, -0.1) is 0 Å². The Bertz CT molecular complexity index is 336. The number of urea groups is 1. The molecule has 0 aromatic carbocycles. The van der Waals surface area contributed by atoms with E-state index in [4.69, 9.17) is 9.84 Å². The third-order valence-electron chi connectivity index (χ3n) is 3.45. The van der Waals surface area contributed by atoms with Crippen LogP contribution in [0.5, 0.6) is 0 Å². The van der Waals surface area contributed by atoms with Gasteiger partial charge in [0.05, 0.1) is 19.1 Å². The Morgan fingerprint density at radius 2 is 2.20 bits per heavy atom. The number of rotatable bonds is 6. The van der Waals surface area contributed by atoms with Gasteiger partial charge in [0.1, 0.15) is 0 Å². The van der Waals surface area contributed by atoms with Crippen LogP contribution in [-0.2, 0) is 9.53 Å². The molecule has 1 aliphatic rings. The van der Waals surface area contributed by atoms with E-state index in [-0.39, 0.29) is 12.5 Å². The van der Waals surface area contributed by atoms with E-state index in [1.54, 1.807) is 4.90 Å². The number of nitrogens with one attached hydrogen (secondary N) is 1. The van der Waals surface area contributed by atoms with Crippen LogP contribution in [0.15, 0.2) is 0 Å². The molecule has 0 radical (unpaired) electrons. The van der Waals surface area contributed by atoms with Gasteiger partial charge in [-0.25, -0.2) is 4.79 Å². The molecular weight excluding hydrogens is 262 g/mol. The normalized spacial score (nSPS) is 19.4. The number of carbonyl (C=O) groups excluding carboxylic acids is 1. The zero-order chi connectivity index (χ0) is 15.1. The molecule has 0 spiro atoms. The summed E-state index contributed by atoms with van der Waals surface area (Å²) >= 11 is 0. The van der Waals surface area contributed by atoms with Gasteiger partial charge in [-0.2, -0.15) is 0 Å². The SMILES string of the molecule is CC(C)N(C)CCNC(=O)N1CCOC(CC(=O)O)C1. The molecule has 0 saturated carbocycles. The van der Waals surface area contributed by atoms with Crippen molar-refractivity contribution in [3.8, 4) is 0 Å². The molecule has 0 bridgehead atoms. The molecule has 1 fully saturated rings. The Kier molecular flexibility index (Phi) is 6.74. The first-order valence-electron chi connectivity index (χ1n) is 6.96. The quantitative estimate of drug-likeness (QED) is 0.730. The molecule has 1 atom stereocenters. The number of carbonyl (C=O) groups is 2. The maximum atomic E-state index is 12.0. The highest BCUT2D eigenvalue weighted by Gasteiger charge is 2.25. The summed E-state index contributed by atoms with van der Waals surface area (Å²) in [6.07, 6.45) is -0.481. The van der Waals surface area contributed by atoms with E-state index in [1.165, 1.54) is 0 Å². The van der Waals surface area contributed by atoms with Crippen molar-refractivity contribution in [3.63, 3.8) is 0 Å². The number of ether oxygens (including phenoxy) is 1. The molecule has 1 aliphatic heterocycles. The molecule has 116 valence electrons. The summed E-state index contributed by atoms with van der Waals surface area (Å²) in [4.78, 5) is 26.4. The highest BCUT2D eigenvalue weighted by Crippen LogP contribution is 2.08. The Hall–Kier alpha value is -1.34. The van der Waals surface area contributed by atoms with Crippen LogP contribution >= 0.6 is 0 Å². The van der Waals surface area contributed by atoms with Crippen LogP contribution in [0.2, 0.25) is 0 Å². The zero-order valence-electron chi connectivity index (χ0n) is 12.5. The van der Waals surface area contributed by atoms with E-state index in [2.05, 4.69) is 24.1 Å². The number of amides is 2. The summed E-state index contributed by atoms with van der Waals surface area (Å²) in [5.74, 6) is -0.907. The Balaban J connectivity index is 2.30. The predicted octanol–water partition coefficient (Wildman–Crippen LogP) is 0.212. The second kappa shape index (κ2) is 8.06. The molecule has 20 heavy (non-hydrogen) atoms. The number of nitrogens with zero attached hydrogens (tertiary/aromatic N) is 2. The first-order chi connectivity index (χ1) is 9.40. The fourth-order valence-corrected chi connectivity index (χ4v) is 1.93. The summed E-state index contributed by atoms with van der Waals surface area (Å²) in [6.45, 7) is 6.78. The molecule has 0 aliphatic carbocycles. The van der Waals surface area contributed by atoms with Gasteiger partial charge in [0.2, 0.25) is 0 Å². The van der Waals surface area contributed by atoms with E-state index in [0.29, 0.717) is 32.3 Å². The van der Waals surface area contributed by atoms with Crippen molar-refractivity contribution in [1.29, 1.82) is 0 Å². The minimum Gasteiger partial charge on any atom is -0.481 e. The summed E-state index contributed by atoms with van der Waals surface area (Å²) in [5, 5.41) is 11.6. The van der Waals surface area contributed by atoms with Crippen molar-refractivity contribution in [3.05, 3.63) is 0 Å². The Labute approximate surface area is 119 Å². The monoisotopic (exact) mass is 287 g/mol. The van der Waals surface area contributed by atoms with Crippen LogP contribution in [0, 0.1) is 0 Å². The van der Waals surface area contributed by atoms with Crippen LogP contribution in [-0.4, -0.2) is 78.9 Å². The highest BCUT2D eigenvalue weighted by molar-refractivity contribution is 5.74. The van der Waals surface area contributed by atoms with Crippen molar-refractivity contribution in [2.24, 2.45) is 0 Å². The van der Waals surface area contributed by atoms with Crippen molar-refractivity contribution in [1.82, 2.24) is 15.1 Å². The van der Waals surface area contributed by atoms with Gasteiger partial charge in [0.15, 0.2) is 0 Å². The van der Waals surface area contributed by atoms with E-state index in [1.807, 2.05) is 7.05 Å². The van der Waals surface area contributed by atoms with Crippen LogP contribution < -0.4 is 5.32 Å². The standard InChI is InChI=1S/C13H25N3O4/c1-10(2)15(3)5-4-14-13(19)16-6-7-20-11(9-16)8-12(17)18/h10-11H,4-9H2,1-3H3,(H,14,19)(H,17,18). The number of morpholine rings is 1. The molecule has 2 N–H and O–H groups in total. The number of carboxylic acid groups (broad SMARTS) is 1. The second-order valence-corrected chi connectivity index (χ2v) is 5.34. The zero-order valence-corrected chi connectivity index (χ0v) is 12.5. The number of aliphatic carboxylic acids is 1. The van der Waals surface area contributed by atoms with Crippen LogP contribution in [0.25, 0.3) is 0 Å². The maximum Gasteiger partial charge on any atom is 0.317 e. The van der Waals surface area contributed by atoms with E-state index in [9.17, 15) is 9.59 Å². The third kappa shape index (κ3) is 5.75. The van der Waals surface area contributed by atoms with Crippen LogP contribution in [0.3, 0.4) is 0 Å². The van der Waals surface area contributed by atoms with Crippen LogP contribution in [0.1, 0.15) is 20.3 Å². The number of carboxylic acids is 1. The fraction of sp³-hybridized carbons (Fsp3) is 0.846. The molecule has 7 heteroatoms. The number of hydrogen-bond donors (Lipinski definition) is 2. The third-order valence-corrected chi connectivity index (χ3v) is 3.45. The van der Waals surface area contributed by atoms with Gasteiger partial charge in [0.25, 0.3) is 0 Å². The molecule has 1 rings (SSSR count).